The van der Waals surface area contributed by atoms with E-state index in [9.17, 15) is 4.79 Å². The van der Waals surface area contributed by atoms with Gasteiger partial charge in [0, 0.05) is 24.4 Å². The average molecular weight is 369 g/mol. The first-order valence-corrected chi connectivity index (χ1v) is 9.81. The molecule has 0 spiro atoms. The first-order chi connectivity index (χ1) is 12.9. The van der Waals surface area contributed by atoms with Crippen molar-refractivity contribution in [2.75, 3.05) is 6.61 Å². The van der Waals surface area contributed by atoms with E-state index in [-0.39, 0.29) is 5.97 Å². The Labute approximate surface area is 163 Å². The Morgan fingerprint density at radius 1 is 1.15 bits per heavy atom. The lowest BCUT2D eigenvalue weighted by Crippen LogP contribution is -2.14. The lowest BCUT2D eigenvalue weighted by atomic mass is 9.88. The summed E-state index contributed by atoms with van der Waals surface area (Å²) >= 11 is 0. The molecule has 0 bridgehead atoms. The normalized spacial score (nSPS) is 11.1. The number of esters is 1. The Kier molecular flexibility index (Phi) is 7.55. The molecule has 1 aromatic heterocycles. The van der Waals surface area contributed by atoms with Crippen molar-refractivity contribution in [3.63, 3.8) is 0 Å². The molecule has 2 N–H and O–H groups in total. The maximum atomic E-state index is 11.9. The number of aromatic nitrogens is 1. The lowest BCUT2D eigenvalue weighted by Gasteiger charge is -2.21. The Morgan fingerprint density at radius 2 is 1.81 bits per heavy atom. The topological polar surface area (TPSA) is 65.2 Å². The summed E-state index contributed by atoms with van der Waals surface area (Å²) in [5.41, 5.74) is 13.9. The van der Waals surface area contributed by atoms with E-state index in [1.165, 1.54) is 5.56 Å². The molecule has 4 nitrogen and oxygen atoms in total. The van der Waals surface area contributed by atoms with Crippen molar-refractivity contribution in [1.29, 1.82) is 0 Å². The van der Waals surface area contributed by atoms with Crippen LogP contribution in [0.15, 0.2) is 24.3 Å². The van der Waals surface area contributed by atoms with Crippen LogP contribution in [0.25, 0.3) is 11.1 Å². The summed E-state index contributed by atoms with van der Waals surface area (Å²) in [6.45, 7) is 11.2. The van der Waals surface area contributed by atoms with E-state index in [1.807, 2.05) is 13.8 Å². The second kappa shape index (κ2) is 9.65. The minimum Gasteiger partial charge on any atom is -0.466 e. The maximum Gasteiger partial charge on any atom is 0.306 e. The molecular formula is C23H32N2O2. The van der Waals surface area contributed by atoms with Crippen LogP contribution in [0.5, 0.6) is 0 Å². The van der Waals surface area contributed by atoms with E-state index in [2.05, 4.69) is 45.0 Å². The molecule has 0 aliphatic heterocycles. The van der Waals surface area contributed by atoms with Gasteiger partial charge in [0.15, 0.2) is 0 Å². The minimum atomic E-state index is -0.174. The monoisotopic (exact) mass is 368 g/mol. The van der Waals surface area contributed by atoms with E-state index in [1.54, 1.807) is 0 Å². The summed E-state index contributed by atoms with van der Waals surface area (Å²) in [5, 5.41) is 0. The van der Waals surface area contributed by atoms with Gasteiger partial charge in [-0.1, -0.05) is 43.7 Å². The molecule has 0 atom stereocenters. The second-order valence-corrected chi connectivity index (χ2v) is 7.45. The fourth-order valence-electron chi connectivity index (χ4n) is 3.45. The third kappa shape index (κ3) is 5.39. The largest absolute Gasteiger partial charge is 0.466 e. The molecule has 0 aliphatic rings. The summed E-state index contributed by atoms with van der Waals surface area (Å²) in [6.07, 6.45) is 1.85. The Balaban J connectivity index is 2.59. The van der Waals surface area contributed by atoms with Gasteiger partial charge in [-0.05, 0) is 61.8 Å². The van der Waals surface area contributed by atoms with Crippen molar-refractivity contribution in [2.45, 2.75) is 60.4 Å². The molecule has 27 heavy (non-hydrogen) atoms. The van der Waals surface area contributed by atoms with Crippen molar-refractivity contribution in [2.24, 2.45) is 11.7 Å². The highest BCUT2D eigenvalue weighted by molar-refractivity contribution is 5.75. The van der Waals surface area contributed by atoms with Crippen LogP contribution in [-0.2, 0) is 28.9 Å². The molecule has 0 saturated heterocycles. The molecule has 0 fully saturated rings. The van der Waals surface area contributed by atoms with Gasteiger partial charge in [0.2, 0.25) is 0 Å². The fraction of sp³-hybridized carbons (Fsp3) is 0.478. The predicted molar refractivity (Wildman–Crippen MR) is 111 cm³/mol. The van der Waals surface area contributed by atoms with Gasteiger partial charge < -0.3 is 10.5 Å². The number of nitrogens with two attached hydrogens (primary N) is 1. The second-order valence-electron chi connectivity index (χ2n) is 7.45. The Bertz CT molecular complexity index is 780. The number of carbonyl (C=O) groups excluding carboxylic acids is 1. The van der Waals surface area contributed by atoms with Crippen LogP contribution in [0.2, 0.25) is 0 Å². The molecule has 4 heteroatoms. The van der Waals surface area contributed by atoms with Gasteiger partial charge in [-0.15, -0.1) is 0 Å². The minimum absolute atomic E-state index is 0.174. The maximum absolute atomic E-state index is 11.9. The highest BCUT2D eigenvalue weighted by Gasteiger charge is 2.20. The third-order valence-electron chi connectivity index (χ3n) is 4.72. The van der Waals surface area contributed by atoms with Crippen LogP contribution < -0.4 is 5.73 Å². The summed E-state index contributed by atoms with van der Waals surface area (Å²) in [7, 11) is 0. The van der Waals surface area contributed by atoms with Crippen LogP contribution in [0.3, 0.4) is 0 Å². The zero-order valence-corrected chi connectivity index (χ0v) is 17.3. The van der Waals surface area contributed by atoms with Crippen molar-refractivity contribution < 1.29 is 9.53 Å². The van der Waals surface area contributed by atoms with Gasteiger partial charge >= 0.3 is 5.97 Å². The molecule has 0 saturated carbocycles. The smallest absolute Gasteiger partial charge is 0.306 e. The average Bonchev–Trinajstić information content (AvgIpc) is 2.61. The van der Waals surface area contributed by atoms with E-state index in [0.29, 0.717) is 31.9 Å². The van der Waals surface area contributed by atoms with E-state index >= 15 is 0 Å². The van der Waals surface area contributed by atoms with Crippen LogP contribution in [-0.4, -0.2) is 17.6 Å². The van der Waals surface area contributed by atoms with Crippen LogP contribution in [0.4, 0.5) is 0 Å². The van der Waals surface area contributed by atoms with Crippen LogP contribution in [0, 0.1) is 19.8 Å². The molecule has 0 amide bonds. The first kappa shape index (κ1) is 21.1. The molecule has 0 aliphatic carbocycles. The number of aryl methyl sites for hydroxylation is 2. The molecule has 1 heterocycles. The fourth-order valence-corrected chi connectivity index (χ4v) is 3.45. The number of ether oxygens (including phenoxy) is 1. The molecule has 0 radical (unpaired) electrons. The van der Waals surface area contributed by atoms with Crippen molar-refractivity contribution >= 4 is 5.97 Å². The number of hydrogen-bond donors (Lipinski definition) is 1. The third-order valence-corrected chi connectivity index (χ3v) is 4.72. The number of benzene rings is 1. The van der Waals surface area contributed by atoms with Crippen LogP contribution in [0.1, 0.15) is 55.3 Å². The van der Waals surface area contributed by atoms with Crippen molar-refractivity contribution in [3.8, 4) is 11.1 Å². The van der Waals surface area contributed by atoms with E-state index < -0.39 is 0 Å². The SMILES string of the molecule is CCOC(=O)CCc1c(C)nc(CC(C)C)c(CN)c1-c1ccc(C)cc1. The Morgan fingerprint density at radius 3 is 2.37 bits per heavy atom. The zero-order chi connectivity index (χ0) is 20.0. The summed E-state index contributed by atoms with van der Waals surface area (Å²) in [5.74, 6) is 0.325. The lowest BCUT2D eigenvalue weighted by molar-refractivity contribution is -0.143. The van der Waals surface area contributed by atoms with E-state index in [4.69, 9.17) is 15.5 Å². The predicted octanol–water partition coefficient (Wildman–Crippen LogP) is 4.52. The number of hydrogen-bond acceptors (Lipinski definition) is 4. The van der Waals surface area contributed by atoms with Crippen molar-refractivity contribution in [3.05, 3.63) is 52.3 Å². The number of carbonyl (C=O) groups is 1. The van der Waals surface area contributed by atoms with Gasteiger partial charge in [0.05, 0.1) is 6.61 Å². The first-order valence-electron chi connectivity index (χ1n) is 9.81. The highest BCUT2D eigenvalue weighted by Crippen LogP contribution is 2.33. The molecule has 146 valence electrons. The van der Waals surface area contributed by atoms with Gasteiger partial charge in [-0.3, -0.25) is 9.78 Å². The summed E-state index contributed by atoms with van der Waals surface area (Å²) < 4.78 is 5.11. The highest BCUT2D eigenvalue weighted by atomic mass is 16.5. The number of nitrogens with zero attached hydrogens (tertiary/aromatic N) is 1. The van der Waals surface area contributed by atoms with E-state index in [0.717, 1.165) is 40.1 Å². The summed E-state index contributed by atoms with van der Waals surface area (Å²) in [6, 6.07) is 8.50. The zero-order valence-electron chi connectivity index (χ0n) is 17.3. The number of pyridine rings is 1. The molecular weight excluding hydrogens is 336 g/mol. The quantitative estimate of drug-likeness (QED) is 0.696. The van der Waals surface area contributed by atoms with Gasteiger partial charge in [0.25, 0.3) is 0 Å². The standard InChI is InChI=1S/C23H32N2O2/c1-6-27-22(26)12-11-19-17(5)25-21(13-15(2)3)20(14-24)23(19)18-9-7-16(4)8-10-18/h7-10,15H,6,11-14,24H2,1-5H3. The van der Waals surface area contributed by atoms with Crippen molar-refractivity contribution in [1.82, 2.24) is 4.98 Å². The van der Waals surface area contributed by atoms with Gasteiger partial charge in [-0.25, -0.2) is 0 Å². The van der Waals surface area contributed by atoms with Gasteiger partial charge in [0.1, 0.15) is 0 Å². The Hall–Kier alpha value is -2.20. The summed E-state index contributed by atoms with van der Waals surface area (Å²) in [4.78, 5) is 16.8. The van der Waals surface area contributed by atoms with Crippen LogP contribution >= 0.6 is 0 Å². The molecule has 0 unspecified atom stereocenters. The molecule has 1 aromatic carbocycles. The number of rotatable bonds is 8. The molecule has 2 rings (SSSR count). The molecule has 2 aromatic rings. The van der Waals surface area contributed by atoms with Gasteiger partial charge in [-0.2, -0.15) is 0 Å².